The van der Waals surface area contributed by atoms with Gasteiger partial charge in [0.05, 0.1) is 0 Å². The third kappa shape index (κ3) is 7.85. The second-order valence-corrected chi connectivity index (χ2v) is 4.82. The van der Waals surface area contributed by atoms with E-state index in [4.69, 9.17) is 20.8 Å². The Bertz CT molecular complexity index is 351. The number of aliphatic carboxylic acids is 1. The van der Waals surface area contributed by atoms with Crippen LogP contribution in [-0.4, -0.2) is 57.9 Å². The molecule has 0 aromatic rings. The topological polar surface area (TPSA) is 125 Å². The molecule has 0 aliphatic rings. The third-order valence-corrected chi connectivity index (χ3v) is 3.07. The van der Waals surface area contributed by atoms with Crippen molar-refractivity contribution in [1.82, 2.24) is 4.90 Å². The molecule has 0 heterocycles. The zero-order valence-electron chi connectivity index (χ0n) is 11.6. The van der Waals surface area contributed by atoms with Crippen molar-refractivity contribution in [3.8, 4) is 0 Å². The molecule has 4 N–H and O–H groups in total. The number of oxime groups is 1. The lowest BCUT2D eigenvalue weighted by Gasteiger charge is -2.22. The molecule has 20 heavy (non-hydrogen) atoms. The number of carbonyl (C=O) groups excluding carboxylic acids is 1. The van der Waals surface area contributed by atoms with E-state index >= 15 is 0 Å². The number of amidine groups is 1. The highest BCUT2D eigenvalue weighted by Gasteiger charge is 2.13. The van der Waals surface area contributed by atoms with Crippen molar-refractivity contribution >= 4 is 28.9 Å². The zero-order chi connectivity index (χ0) is 15.5. The normalized spacial score (nSPS) is 12.8. The molecule has 0 aliphatic heterocycles. The van der Waals surface area contributed by atoms with E-state index in [2.05, 4.69) is 5.16 Å². The van der Waals surface area contributed by atoms with E-state index in [1.54, 1.807) is 18.1 Å². The van der Waals surface area contributed by atoms with Gasteiger partial charge in [0.25, 0.3) is 0 Å². The number of nitrogens with zero attached hydrogens (tertiary/aromatic N) is 2. The highest BCUT2D eigenvalue weighted by atomic mass is 32.2. The monoisotopic (exact) mass is 307 g/mol. The predicted molar refractivity (Wildman–Crippen MR) is 75.9 cm³/mol. The molecule has 0 aromatic heterocycles. The minimum Gasteiger partial charge on any atom is -0.480 e. The molecule has 1 atom stereocenters. The fraction of sp³-hybridized carbons (Fsp3) is 0.727. The molecule has 0 unspecified atom stereocenters. The number of hydrogen-bond acceptors (Lipinski definition) is 7. The minimum atomic E-state index is -1.02. The number of carbonyl (C=O) groups is 2. The standard InChI is InChI=1S/C11H21N3O5S/c1-8(13-18)14(7-19-11(17)20-2)6-4-3-5-9(12)10(15)16/h9,18H,3-7,12H2,1-2H3,(H,15,16)/b13-8+/t9-/m0/s1. The van der Waals surface area contributed by atoms with Gasteiger partial charge < -0.3 is 25.7 Å². The van der Waals surface area contributed by atoms with E-state index in [1.165, 1.54) is 0 Å². The molecule has 0 saturated carbocycles. The summed E-state index contributed by atoms with van der Waals surface area (Å²) in [6, 6.07) is -0.870. The summed E-state index contributed by atoms with van der Waals surface area (Å²) >= 11 is 0.950. The van der Waals surface area contributed by atoms with Gasteiger partial charge in [0.15, 0.2) is 6.73 Å². The summed E-state index contributed by atoms with van der Waals surface area (Å²) in [6.07, 6.45) is 3.22. The Morgan fingerprint density at radius 3 is 2.60 bits per heavy atom. The van der Waals surface area contributed by atoms with Gasteiger partial charge in [-0.05, 0) is 44.2 Å². The van der Waals surface area contributed by atoms with Crippen molar-refractivity contribution in [1.29, 1.82) is 0 Å². The van der Waals surface area contributed by atoms with E-state index in [-0.39, 0.29) is 6.73 Å². The summed E-state index contributed by atoms with van der Waals surface area (Å²) in [6.45, 7) is 2.04. The summed E-state index contributed by atoms with van der Waals surface area (Å²) in [5, 5.41) is 20.0. The summed E-state index contributed by atoms with van der Waals surface area (Å²) in [4.78, 5) is 23.2. The van der Waals surface area contributed by atoms with Gasteiger partial charge in [-0.3, -0.25) is 4.79 Å². The maximum Gasteiger partial charge on any atom is 0.368 e. The molecular formula is C11H21N3O5S. The van der Waals surface area contributed by atoms with Gasteiger partial charge in [-0.25, -0.2) is 4.79 Å². The van der Waals surface area contributed by atoms with Crippen LogP contribution < -0.4 is 5.73 Å². The van der Waals surface area contributed by atoms with Crippen LogP contribution in [-0.2, 0) is 9.53 Å². The van der Waals surface area contributed by atoms with E-state index in [1.807, 2.05) is 0 Å². The molecule has 0 aliphatic carbocycles. The lowest BCUT2D eigenvalue weighted by Crippen LogP contribution is -2.33. The Hall–Kier alpha value is -1.48. The predicted octanol–water partition coefficient (Wildman–Crippen LogP) is 1.14. The number of rotatable bonds is 8. The number of nitrogens with two attached hydrogens (primary N) is 1. The van der Waals surface area contributed by atoms with Crippen molar-refractivity contribution in [3.63, 3.8) is 0 Å². The fourth-order valence-corrected chi connectivity index (χ4v) is 1.53. The van der Waals surface area contributed by atoms with Crippen molar-refractivity contribution in [2.75, 3.05) is 19.5 Å². The van der Waals surface area contributed by atoms with Gasteiger partial charge in [0.2, 0.25) is 0 Å². The molecule has 8 nitrogen and oxygen atoms in total. The molecule has 0 amide bonds. The first-order valence-corrected chi connectivity index (χ1v) is 7.27. The maximum atomic E-state index is 11.1. The largest absolute Gasteiger partial charge is 0.480 e. The second-order valence-electron chi connectivity index (χ2n) is 4.08. The Labute approximate surface area is 121 Å². The van der Waals surface area contributed by atoms with Crippen molar-refractivity contribution < 1.29 is 24.6 Å². The Morgan fingerprint density at radius 1 is 1.45 bits per heavy atom. The number of carboxylic acid groups (broad SMARTS) is 1. The SMILES string of the molecule is CSC(=O)OCN(CCCC[C@H](N)C(=O)O)/C(C)=N/O. The van der Waals surface area contributed by atoms with E-state index < -0.39 is 17.3 Å². The van der Waals surface area contributed by atoms with Crippen molar-refractivity contribution in [2.45, 2.75) is 32.2 Å². The fourth-order valence-electron chi connectivity index (χ4n) is 1.36. The highest BCUT2D eigenvalue weighted by Crippen LogP contribution is 2.05. The van der Waals surface area contributed by atoms with Gasteiger partial charge in [-0.15, -0.1) is 0 Å². The van der Waals surface area contributed by atoms with Gasteiger partial charge in [0, 0.05) is 6.54 Å². The van der Waals surface area contributed by atoms with Crippen LogP contribution >= 0.6 is 11.8 Å². The van der Waals surface area contributed by atoms with Crippen LogP contribution in [0.5, 0.6) is 0 Å². The molecular weight excluding hydrogens is 286 g/mol. The van der Waals surface area contributed by atoms with E-state index in [0.29, 0.717) is 31.6 Å². The molecule has 0 spiro atoms. The number of unbranched alkanes of at least 4 members (excludes halogenated alkanes) is 1. The van der Waals surface area contributed by atoms with Crippen LogP contribution in [0, 0.1) is 0 Å². The first-order valence-electron chi connectivity index (χ1n) is 6.05. The van der Waals surface area contributed by atoms with Crippen molar-refractivity contribution in [2.24, 2.45) is 10.9 Å². The van der Waals surface area contributed by atoms with Crippen LogP contribution in [0.25, 0.3) is 0 Å². The quantitative estimate of drug-likeness (QED) is 0.116. The number of thioether (sulfide) groups is 1. The second kappa shape index (κ2) is 10.3. The van der Waals surface area contributed by atoms with Crippen LogP contribution in [0.15, 0.2) is 5.16 Å². The van der Waals surface area contributed by atoms with Crippen LogP contribution in [0.3, 0.4) is 0 Å². The number of ether oxygens (including phenoxy) is 1. The van der Waals surface area contributed by atoms with Crippen LogP contribution in [0.1, 0.15) is 26.2 Å². The third-order valence-electron chi connectivity index (χ3n) is 2.62. The lowest BCUT2D eigenvalue weighted by molar-refractivity contribution is -0.138. The molecule has 9 heteroatoms. The van der Waals surface area contributed by atoms with E-state index in [9.17, 15) is 9.59 Å². The minimum absolute atomic E-state index is 0.0133. The molecule has 0 fully saturated rings. The summed E-state index contributed by atoms with van der Waals surface area (Å²) < 4.78 is 4.93. The molecule has 116 valence electrons. The Kier molecular flexibility index (Phi) is 9.56. The summed E-state index contributed by atoms with van der Waals surface area (Å²) in [5.74, 6) is -0.703. The van der Waals surface area contributed by atoms with Gasteiger partial charge >= 0.3 is 11.3 Å². The van der Waals surface area contributed by atoms with Crippen molar-refractivity contribution in [3.05, 3.63) is 0 Å². The molecule has 0 radical (unpaired) electrons. The first kappa shape index (κ1) is 18.5. The Morgan fingerprint density at radius 2 is 2.10 bits per heavy atom. The van der Waals surface area contributed by atoms with Crippen LogP contribution in [0.4, 0.5) is 4.79 Å². The molecule has 0 aromatic carbocycles. The maximum absolute atomic E-state index is 11.1. The van der Waals surface area contributed by atoms with Crippen LogP contribution in [0.2, 0.25) is 0 Å². The number of hydrogen-bond donors (Lipinski definition) is 3. The summed E-state index contributed by atoms with van der Waals surface area (Å²) in [5.41, 5.74) is 5.39. The average Bonchev–Trinajstić information content (AvgIpc) is 2.44. The van der Waals surface area contributed by atoms with E-state index in [0.717, 1.165) is 11.8 Å². The zero-order valence-corrected chi connectivity index (χ0v) is 12.4. The molecule has 0 saturated heterocycles. The van der Waals surface area contributed by atoms with Gasteiger partial charge in [-0.2, -0.15) is 0 Å². The van der Waals surface area contributed by atoms with Gasteiger partial charge in [0.1, 0.15) is 11.9 Å². The molecule has 0 rings (SSSR count). The summed E-state index contributed by atoms with van der Waals surface area (Å²) in [7, 11) is 0. The first-order chi connectivity index (χ1) is 9.42. The lowest BCUT2D eigenvalue weighted by atomic mass is 10.1. The number of carboxylic acids is 1. The smallest absolute Gasteiger partial charge is 0.368 e. The Balaban J connectivity index is 4.11. The molecule has 0 bridgehead atoms. The highest BCUT2D eigenvalue weighted by molar-refractivity contribution is 8.12. The average molecular weight is 307 g/mol. The van der Waals surface area contributed by atoms with Gasteiger partial charge in [-0.1, -0.05) is 5.16 Å².